The summed E-state index contributed by atoms with van der Waals surface area (Å²) in [6, 6.07) is 15.9. The minimum Gasteiger partial charge on any atom is -0.487 e. The van der Waals surface area contributed by atoms with E-state index in [4.69, 9.17) is 4.74 Å². The van der Waals surface area contributed by atoms with Crippen LogP contribution in [0.25, 0.3) is 22.6 Å². The van der Waals surface area contributed by atoms with E-state index in [1.807, 2.05) is 42.0 Å². The van der Waals surface area contributed by atoms with Crippen molar-refractivity contribution in [2.75, 3.05) is 0 Å². The molecule has 0 unspecified atom stereocenters. The van der Waals surface area contributed by atoms with Crippen molar-refractivity contribution >= 4 is 16.9 Å². The third-order valence-corrected chi connectivity index (χ3v) is 5.76. The fourth-order valence-corrected chi connectivity index (χ4v) is 3.99. The van der Waals surface area contributed by atoms with Crippen LogP contribution in [0.2, 0.25) is 0 Å². The van der Waals surface area contributed by atoms with Gasteiger partial charge in [-0.25, -0.2) is 4.79 Å². The second-order valence-electron chi connectivity index (χ2n) is 8.01. The van der Waals surface area contributed by atoms with Gasteiger partial charge in [0.15, 0.2) is 11.2 Å². The number of aromatic nitrogens is 5. The van der Waals surface area contributed by atoms with Gasteiger partial charge in [0, 0.05) is 26.0 Å². The van der Waals surface area contributed by atoms with Gasteiger partial charge in [-0.15, -0.1) is 0 Å². The average Bonchev–Trinajstić information content (AvgIpc) is 3.30. The summed E-state index contributed by atoms with van der Waals surface area (Å²) in [5.41, 5.74) is 3.90. The predicted molar refractivity (Wildman–Crippen MR) is 123 cm³/mol. The van der Waals surface area contributed by atoms with Crippen molar-refractivity contribution in [1.29, 1.82) is 0 Å². The molecule has 0 aliphatic rings. The van der Waals surface area contributed by atoms with Crippen LogP contribution in [0.1, 0.15) is 16.8 Å². The topological polar surface area (TPSA) is 75.5 Å². The van der Waals surface area contributed by atoms with Crippen LogP contribution in [0, 0.1) is 13.8 Å². The summed E-state index contributed by atoms with van der Waals surface area (Å²) < 4.78 is 12.3. The second kappa shape index (κ2) is 7.26. The van der Waals surface area contributed by atoms with Crippen LogP contribution >= 0.6 is 0 Å². The largest absolute Gasteiger partial charge is 0.487 e. The third-order valence-electron chi connectivity index (χ3n) is 5.76. The van der Waals surface area contributed by atoms with Gasteiger partial charge in [-0.1, -0.05) is 42.0 Å². The van der Waals surface area contributed by atoms with Crippen molar-refractivity contribution in [3.8, 4) is 11.4 Å². The van der Waals surface area contributed by atoms with Crippen LogP contribution in [-0.2, 0) is 20.7 Å². The Morgan fingerprint density at radius 3 is 2.41 bits per heavy atom. The zero-order valence-electron chi connectivity index (χ0n) is 18.4. The maximum absolute atomic E-state index is 12.8. The number of aryl methyl sites for hydroxylation is 3. The van der Waals surface area contributed by atoms with Gasteiger partial charge in [0.25, 0.3) is 5.56 Å². The van der Waals surface area contributed by atoms with Crippen molar-refractivity contribution in [2.24, 2.45) is 14.1 Å². The fourth-order valence-electron chi connectivity index (χ4n) is 3.99. The van der Waals surface area contributed by atoms with Crippen LogP contribution in [0.15, 0.2) is 64.3 Å². The van der Waals surface area contributed by atoms with E-state index in [0.717, 1.165) is 21.5 Å². The lowest BCUT2D eigenvalue weighted by atomic mass is 10.2. The first-order chi connectivity index (χ1) is 15.4. The molecule has 0 radical (unpaired) electrons. The summed E-state index contributed by atoms with van der Waals surface area (Å²) in [7, 11) is 3.09. The Kier molecular flexibility index (Phi) is 4.51. The molecule has 3 aromatic heterocycles. The van der Waals surface area contributed by atoms with Crippen molar-refractivity contribution in [3.63, 3.8) is 0 Å². The molecule has 32 heavy (non-hydrogen) atoms. The Morgan fingerprint density at radius 1 is 0.938 bits per heavy atom. The lowest BCUT2D eigenvalue weighted by Crippen LogP contribution is -2.37. The van der Waals surface area contributed by atoms with Crippen LogP contribution < -0.4 is 16.0 Å². The Morgan fingerprint density at radius 2 is 1.66 bits per heavy atom. The number of para-hydroxylation sites is 2. The normalized spacial score (nSPS) is 11.5. The van der Waals surface area contributed by atoms with E-state index < -0.39 is 5.69 Å². The standard InChI is InChI=1S/C24H23N5O3/c1-15-9-11-17(12-10-15)14-32-19-8-6-5-7-18(19)29-16(2)13-28-20-21(25-23(28)29)26(3)24(31)27(4)22(20)30/h5-13H,14H2,1-4H3. The number of nitrogens with zero attached hydrogens (tertiary/aromatic N) is 5. The third kappa shape index (κ3) is 2.95. The lowest BCUT2D eigenvalue weighted by Gasteiger charge is -2.13. The molecule has 0 N–H and O–H groups in total. The molecule has 0 amide bonds. The smallest absolute Gasteiger partial charge is 0.332 e. The molecule has 0 fully saturated rings. The molecular weight excluding hydrogens is 406 g/mol. The summed E-state index contributed by atoms with van der Waals surface area (Å²) in [5, 5.41) is 0. The van der Waals surface area contributed by atoms with Gasteiger partial charge in [-0.3, -0.25) is 22.9 Å². The summed E-state index contributed by atoms with van der Waals surface area (Å²) in [6.07, 6.45) is 1.85. The fraction of sp³-hybridized carbons (Fsp3) is 0.208. The number of fused-ring (bicyclic) bond motifs is 3. The zero-order valence-corrected chi connectivity index (χ0v) is 18.4. The summed E-state index contributed by atoms with van der Waals surface area (Å²) in [4.78, 5) is 29.9. The number of benzene rings is 2. The molecule has 162 valence electrons. The van der Waals surface area contributed by atoms with Crippen molar-refractivity contribution < 1.29 is 4.74 Å². The maximum Gasteiger partial charge on any atom is 0.332 e. The first-order valence-electron chi connectivity index (χ1n) is 10.3. The number of rotatable bonds is 4. The first-order valence-corrected chi connectivity index (χ1v) is 10.3. The zero-order chi connectivity index (χ0) is 22.6. The first kappa shape index (κ1) is 19.9. The highest BCUT2D eigenvalue weighted by Gasteiger charge is 2.21. The van der Waals surface area contributed by atoms with Gasteiger partial charge >= 0.3 is 5.69 Å². The molecule has 5 aromatic rings. The van der Waals surface area contributed by atoms with Crippen LogP contribution in [0.4, 0.5) is 0 Å². The van der Waals surface area contributed by atoms with E-state index in [1.165, 1.54) is 17.2 Å². The highest BCUT2D eigenvalue weighted by Crippen LogP contribution is 2.28. The van der Waals surface area contributed by atoms with Crippen molar-refractivity contribution in [2.45, 2.75) is 20.5 Å². The van der Waals surface area contributed by atoms with Crippen LogP contribution in [0.5, 0.6) is 5.75 Å². The number of imidazole rings is 2. The molecule has 0 atom stereocenters. The molecule has 0 spiro atoms. The molecule has 0 saturated heterocycles. The molecular formula is C24H23N5O3. The Balaban J connectivity index is 1.67. The minimum absolute atomic E-state index is 0.347. The van der Waals surface area contributed by atoms with Gasteiger partial charge in [0.1, 0.15) is 12.4 Å². The van der Waals surface area contributed by atoms with E-state index in [-0.39, 0.29) is 5.56 Å². The number of hydrogen-bond acceptors (Lipinski definition) is 4. The van der Waals surface area contributed by atoms with Gasteiger partial charge in [0.05, 0.1) is 5.69 Å². The van der Waals surface area contributed by atoms with E-state index in [9.17, 15) is 9.59 Å². The van der Waals surface area contributed by atoms with Crippen molar-refractivity contribution in [3.05, 3.63) is 92.4 Å². The van der Waals surface area contributed by atoms with Crippen molar-refractivity contribution in [1.82, 2.24) is 23.1 Å². The molecule has 2 aromatic carbocycles. The number of hydrogen-bond donors (Lipinski definition) is 0. The van der Waals surface area contributed by atoms with E-state index in [2.05, 4.69) is 36.2 Å². The average molecular weight is 429 g/mol. The summed E-state index contributed by atoms with van der Waals surface area (Å²) in [6.45, 7) is 4.43. The summed E-state index contributed by atoms with van der Waals surface area (Å²) in [5.74, 6) is 1.24. The molecule has 0 aliphatic carbocycles. The Hall–Kier alpha value is -4.07. The maximum atomic E-state index is 12.8. The minimum atomic E-state index is -0.409. The van der Waals surface area contributed by atoms with Gasteiger partial charge in [-0.2, -0.15) is 4.98 Å². The molecule has 8 nitrogen and oxygen atoms in total. The van der Waals surface area contributed by atoms with E-state index in [0.29, 0.717) is 29.3 Å². The quantitative estimate of drug-likeness (QED) is 0.440. The van der Waals surface area contributed by atoms with Crippen LogP contribution in [-0.4, -0.2) is 23.1 Å². The Labute approximate surface area is 183 Å². The molecule has 0 bridgehead atoms. The summed E-state index contributed by atoms with van der Waals surface area (Å²) >= 11 is 0. The van der Waals surface area contributed by atoms with Crippen LogP contribution in [0.3, 0.4) is 0 Å². The molecule has 0 aliphatic heterocycles. The van der Waals surface area contributed by atoms with Gasteiger partial charge < -0.3 is 4.74 Å². The highest BCUT2D eigenvalue weighted by atomic mass is 16.5. The SMILES string of the molecule is Cc1ccc(COc2ccccc2-n2c(C)cn3c4c(=O)n(C)c(=O)n(C)c4nc23)cc1. The highest BCUT2D eigenvalue weighted by molar-refractivity contribution is 5.76. The lowest BCUT2D eigenvalue weighted by molar-refractivity contribution is 0.305. The van der Waals surface area contributed by atoms with Gasteiger partial charge in [-0.05, 0) is 31.5 Å². The van der Waals surface area contributed by atoms with E-state index in [1.54, 1.807) is 11.4 Å². The monoisotopic (exact) mass is 429 g/mol. The molecule has 3 heterocycles. The number of ether oxygens (including phenoxy) is 1. The molecule has 0 saturated carbocycles. The predicted octanol–water partition coefficient (Wildman–Crippen LogP) is 2.87. The molecule has 5 rings (SSSR count). The van der Waals surface area contributed by atoms with Gasteiger partial charge in [0.2, 0.25) is 5.78 Å². The second-order valence-corrected chi connectivity index (χ2v) is 8.01. The Bertz CT molecular complexity index is 1600. The van der Waals surface area contributed by atoms with E-state index >= 15 is 0 Å². The molecule has 8 heteroatoms.